The molecule has 2 aromatic heterocycles. The standard InChI is InChI=1S/C44H31N3/c1-44(2)39-11-7-6-10-36(39)38-25-33-17-16-32-24-34(18-19-35(32)37(33)26-40(38)44)42-27-41(46-43(47-42)31-8-4-3-5-9-31)30-14-12-28(13-15-30)29-20-22-45-23-21-29/h3-27H,1-2H3. The molecule has 222 valence electrons. The van der Waals surface area contributed by atoms with Crippen LogP contribution in [0.3, 0.4) is 0 Å². The summed E-state index contributed by atoms with van der Waals surface area (Å²) in [5, 5.41) is 5.01. The Morgan fingerprint density at radius 1 is 0.426 bits per heavy atom. The van der Waals surface area contributed by atoms with E-state index in [1.807, 2.05) is 42.7 Å². The van der Waals surface area contributed by atoms with Gasteiger partial charge >= 0.3 is 0 Å². The number of hydrogen-bond acceptors (Lipinski definition) is 3. The number of aromatic nitrogens is 3. The van der Waals surface area contributed by atoms with Crippen LogP contribution >= 0.6 is 0 Å². The quantitative estimate of drug-likeness (QED) is 0.188. The Labute approximate surface area is 274 Å². The lowest BCUT2D eigenvalue weighted by molar-refractivity contribution is 0.661. The van der Waals surface area contributed by atoms with Crippen LogP contribution in [0.1, 0.15) is 25.0 Å². The van der Waals surface area contributed by atoms with Crippen LogP contribution in [-0.2, 0) is 5.41 Å². The zero-order valence-electron chi connectivity index (χ0n) is 26.3. The largest absolute Gasteiger partial charge is 0.265 e. The van der Waals surface area contributed by atoms with Crippen LogP contribution in [0.15, 0.2) is 152 Å². The SMILES string of the molecule is CC1(C)c2ccccc2-c2cc3ccc4cc(-c5cc(-c6ccc(-c7ccncc7)cc6)nc(-c6ccccc6)n5)ccc4c3cc21. The Hall–Kier alpha value is -5.93. The van der Waals surface area contributed by atoms with E-state index in [0.29, 0.717) is 5.82 Å². The maximum atomic E-state index is 5.10. The van der Waals surface area contributed by atoms with Gasteiger partial charge in [-0.15, -0.1) is 0 Å². The van der Waals surface area contributed by atoms with Crippen molar-refractivity contribution in [3.8, 4) is 56.2 Å². The molecule has 2 heterocycles. The molecule has 6 aromatic carbocycles. The molecule has 0 bridgehead atoms. The smallest absolute Gasteiger partial charge is 0.160 e. The average Bonchev–Trinajstić information content (AvgIpc) is 3.36. The van der Waals surface area contributed by atoms with Gasteiger partial charge in [0.05, 0.1) is 11.4 Å². The highest BCUT2D eigenvalue weighted by atomic mass is 14.9. The lowest BCUT2D eigenvalue weighted by Gasteiger charge is -2.22. The molecule has 0 N–H and O–H groups in total. The van der Waals surface area contributed by atoms with Gasteiger partial charge in [0.2, 0.25) is 0 Å². The summed E-state index contributed by atoms with van der Waals surface area (Å²) < 4.78 is 0. The fraction of sp³-hybridized carbons (Fsp3) is 0.0682. The Balaban J connectivity index is 1.16. The van der Waals surface area contributed by atoms with Crippen molar-refractivity contribution in [1.82, 2.24) is 15.0 Å². The summed E-state index contributed by atoms with van der Waals surface area (Å²) in [5.41, 5.74) is 12.7. The number of nitrogens with zero attached hydrogens (tertiary/aromatic N) is 3. The third-order valence-electron chi connectivity index (χ3n) is 9.79. The molecule has 3 heteroatoms. The van der Waals surface area contributed by atoms with Gasteiger partial charge in [-0.1, -0.05) is 117 Å². The molecular weight excluding hydrogens is 571 g/mol. The third-order valence-corrected chi connectivity index (χ3v) is 9.79. The Morgan fingerprint density at radius 3 is 1.85 bits per heavy atom. The van der Waals surface area contributed by atoms with Crippen LogP contribution in [0.25, 0.3) is 77.7 Å². The first kappa shape index (κ1) is 27.4. The molecule has 0 amide bonds. The van der Waals surface area contributed by atoms with E-state index in [9.17, 15) is 0 Å². The second kappa shape index (κ2) is 10.6. The van der Waals surface area contributed by atoms with Crippen LogP contribution in [0.4, 0.5) is 0 Å². The Bertz CT molecular complexity index is 2460. The molecule has 0 saturated carbocycles. The van der Waals surface area contributed by atoms with Gasteiger partial charge in [-0.25, -0.2) is 9.97 Å². The summed E-state index contributed by atoms with van der Waals surface area (Å²) in [6, 6.07) is 49.9. The van der Waals surface area contributed by atoms with Gasteiger partial charge in [0.15, 0.2) is 5.82 Å². The number of rotatable bonds is 4. The van der Waals surface area contributed by atoms with E-state index in [4.69, 9.17) is 9.97 Å². The maximum absolute atomic E-state index is 5.10. The van der Waals surface area contributed by atoms with Crippen LogP contribution in [0.5, 0.6) is 0 Å². The first-order chi connectivity index (χ1) is 23.0. The molecular formula is C44H31N3. The highest BCUT2D eigenvalue weighted by Gasteiger charge is 2.35. The molecule has 0 aliphatic heterocycles. The van der Waals surface area contributed by atoms with Gasteiger partial charge in [0.25, 0.3) is 0 Å². The van der Waals surface area contributed by atoms with Gasteiger partial charge in [0.1, 0.15) is 0 Å². The van der Waals surface area contributed by atoms with Crippen molar-refractivity contribution in [3.05, 3.63) is 163 Å². The number of pyridine rings is 1. The first-order valence-electron chi connectivity index (χ1n) is 16.1. The molecule has 0 spiro atoms. The van der Waals surface area contributed by atoms with Crippen molar-refractivity contribution in [3.63, 3.8) is 0 Å². The molecule has 1 aliphatic carbocycles. The van der Waals surface area contributed by atoms with Crippen molar-refractivity contribution >= 4 is 21.5 Å². The molecule has 0 saturated heterocycles. The summed E-state index contributed by atoms with van der Waals surface area (Å²) in [6.45, 7) is 4.69. The second-order valence-electron chi connectivity index (χ2n) is 12.9. The summed E-state index contributed by atoms with van der Waals surface area (Å²) in [4.78, 5) is 14.3. The molecule has 0 fully saturated rings. The number of fused-ring (bicyclic) bond motifs is 6. The summed E-state index contributed by atoms with van der Waals surface area (Å²) >= 11 is 0. The molecule has 8 aromatic rings. The molecule has 0 radical (unpaired) electrons. The van der Waals surface area contributed by atoms with E-state index in [1.165, 1.54) is 43.8 Å². The fourth-order valence-corrected chi connectivity index (χ4v) is 7.26. The zero-order valence-corrected chi connectivity index (χ0v) is 26.3. The van der Waals surface area contributed by atoms with Crippen molar-refractivity contribution in [1.29, 1.82) is 0 Å². The molecule has 0 unspecified atom stereocenters. The molecule has 9 rings (SSSR count). The van der Waals surface area contributed by atoms with E-state index in [1.54, 1.807) is 0 Å². The van der Waals surface area contributed by atoms with Crippen molar-refractivity contribution in [2.75, 3.05) is 0 Å². The Kier molecular flexibility index (Phi) is 6.16. The predicted octanol–water partition coefficient (Wildman–Crippen LogP) is 11.2. The highest BCUT2D eigenvalue weighted by Crippen LogP contribution is 2.50. The summed E-state index contributed by atoms with van der Waals surface area (Å²) in [6.07, 6.45) is 3.65. The van der Waals surface area contributed by atoms with E-state index in [-0.39, 0.29) is 5.41 Å². The van der Waals surface area contributed by atoms with Gasteiger partial charge in [-0.05, 0) is 91.3 Å². The van der Waals surface area contributed by atoms with Crippen LogP contribution in [-0.4, -0.2) is 15.0 Å². The van der Waals surface area contributed by atoms with Crippen molar-refractivity contribution in [2.45, 2.75) is 19.3 Å². The average molecular weight is 602 g/mol. The topological polar surface area (TPSA) is 38.7 Å². The van der Waals surface area contributed by atoms with Crippen LogP contribution in [0.2, 0.25) is 0 Å². The molecule has 0 atom stereocenters. The van der Waals surface area contributed by atoms with Gasteiger partial charge in [-0.2, -0.15) is 0 Å². The second-order valence-corrected chi connectivity index (χ2v) is 12.9. The minimum atomic E-state index is -0.0378. The van der Waals surface area contributed by atoms with Gasteiger partial charge in [0, 0.05) is 34.5 Å². The lowest BCUT2D eigenvalue weighted by Crippen LogP contribution is -2.14. The van der Waals surface area contributed by atoms with Crippen LogP contribution < -0.4 is 0 Å². The normalized spacial score (nSPS) is 13.1. The van der Waals surface area contributed by atoms with Gasteiger partial charge < -0.3 is 0 Å². The minimum absolute atomic E-state index is 0.0378. The molecule has 47 heavy (non-hydrogen) atoms. The predicted molar refractivity (Wildman–Crippen MR) is 194 cm³/mol. The molecule has 1 aliphatic rings. The van der Waals surface area contributed by atoms with Crippen molar-refractivity contribution < 1.29 is 0 Å². The van der Waals surface area contributed by atoms with E-state index in [2.05, 4.69) is 128 Å². The van der Waals surface area contributed by atoms with E-state index >= 15 is 0 Å². The van der Waals surface area contributed by atoms with Crippen LogP contribution in [0, 0.1) is 0 Å². The third kappa shape index (κ3) is 4.54. The minimum Gasteiger partial charge on any atom is -0.265 e. The highest BCUT2D eigenvalue weighted by molar-refractivity contribution is 6.10. The van der Waals surface area contributed by atoms with Crippen molar-refractivity contribution in [2.24, 2.45) is 0 Å². The first-order valence-corrected chi connectivity index (χ1v) is 16.1. The lowest BCUT2D eigenvalue weighted by atomic mass is 9.81. The summed E-state index contributed by atoms with van der Waals surface area (Å²) in [5.74, 6) is 0.715. The zero-order chi connectivity index (χ0) is 31.5. The summed E-state index contributed by atoms with van der Waals surface area (Å²) in [7, 11) is 0. The molecule has 3 nitrogen and oxygen atoms in total. The number of hydrogen-bond donors (Lipinski definition) is 0. The van der Waals surface area contributed by atoms with Gasteiger partial charge in [-0.3, -0.25) is 4.98 Å². The monoisotopic (exact) mass is 601 g/mol. The Morgan fingerprint density at radius 2 is 1.06 bits per heavy atom. The fourth-order valence-electron chi connectivity index (χ4n) is 7.26. The maximum Gasteiger partial charge on any atom is 0.160 e. The van der Waals surface area contributed by atoms with E-state index in [0.717, 1.165) is 39.2 Å². The van der Waals surface area contributed by atoms with E-state index < -0.39 is 0 Å². The number of benzene rings is 6.